The van der Waals surface area contributed by atoms with Crippen molar-refractivity contribution in [1.82, 2.24) is 5.32 Å². The highest BCUT2D eigenvalue weighted by Gasteiger charge is 2.10. The minimum Gasteiger partial charge on any atom is -0.463 e. The monoisotopic (exact) mass is 295 g/mol. The summed E-state index contributed by atoms with van der Waals surface area (Å²) in [5.74, 6) is -1.39. The van der Waals surface area contributed by atoms with Crippen LogP contribution in [0, 0.1) is 0 Å². The molecule has 21 heavy (non-hydrogen) atoms. The number of esters is 2. The lowest BCUT2D eigenvalue weighted by Crippen LogP contribution is -2.32. The van der Waals surface area contributed by atoms with E-state index in [2.05, 4.69) is 14.8 Å². The summed E-state index contributed by atoms with van der Waals surface area (Å²) < 4.78 is 14.1. The first-order valence-corrected chi connectivity index (χ1v) is 6.37. The summed E-state index contributed by atoms with van der Waals surface area (Å²) in [5.41, 5.74) is 0.831. The van der Waals surface area contributed by atoms with Crippen molar-refractivity contribution >= 4 is 18.0 Å². The van der Waals surface area contributed by atoms with Crippen LogP contribution in [0.15, 0.2) is 30.3 Å². The largest absolute Gasteiger partial charge is 0.463 e. The maximum Gasteiger partial charge on any atom is 0.407 e. The van der Waals surface area contributed by atoms with Gasteiger partial charge in [-0.05, 0) is 12.5 Å². The highest BCUT2D eigenvalue weighted by atomic mass is 16.6. The molecule has 1 amide bonds. The van der Waals surface area contributed by atoms with Crippen molar-refractivity contribution < 1.29 is 28.6 Å². The Hall–Kier alpha value is -2.57. The van der Waals surface area contributed by atoms with E-state index in [-0.39, 0.29) is 19.8 Å². The second-order valence-electron chi connectivity index (χ2n) is 3.88. The van der Waals surface area contributed by atoms with Crippen LogP contribution in [0.3, 0.4) is 0 Å². The minimum absolute atomic E-state index is 0.102. The first kappa shape index (κ1) is 16.5. The standard InChI is InChI=1S/C14H17NO6/c1-2-19-13(17)10-20-12(16)8-15-14(18)21-9-11-6-4-3-5-7-11/h3-7H,2,8-10H2,1H3,(H,15,18). The molecule has 7 heteroatoms. The SMILES string of the molecule is CCOC(=O)COC(=O)CNC(=O)OCc1ccccc1. The van der Waals surface area contributed by atoms with E-state index < -0.39 is 24.6 Å². The van der Waals surface area contributed by atoms with E-state index in [9.17, 15) is 14.4 Å². The predicted octanol–water partition coefficient (Wildman–Crippen LogP) is 1.02. The molecule has 1 N–H and O–H groups in total. The molecule has 0 spiro atoms. The molecule has 0 heterocycles. The average molecular weight is 295 g/mol. The van der Waals surface area contributed by atoms with Crippen molar-refractivity contribution in [2.24, 2.45) is 0 Å². The molecule has 0 unspecified atom stereocenters. The molecule has 1 rings (SSSR count). The van der Waals surface area contributed by atoms with E-state index in [0.29, 0.717) is 0 Å². The maximum absolute atomic E-state index is 11.3. The van der Waals surface area contributed by atoms with Crippen LogP contribution in [-0.2, 0) is 30.4 Å². The van der Waals surface area contributed by atoms with Gasteiger partial charge in [0, 0.05) is 0 Å². The van der Waals surface area contributed by atoms with Crippen LogP contribution in [0.1, 0.15) is 12.5 Å². The fraction of sp³-hybridized carbons (Fsp3) is 0.357. The average Bonchev–Trinajstić information content (AvgIpc) is 2.50. The molecule has 1 aromatic carbocycles. The van der Waals surface area contributed by atoms with Crippen LogP contribution in [0.4, 0.5) is 4.79 Å². The lowest BCUT2D eigenvalue weighted by atomic mass is 10.2. The minimum atomic E-state index is -0.750. The zero-order valence-electron chi connectivity index (χ0n) is 11.7. The molecule has 0 saturated heterocycles. The number of alkyl carbamates (subject to hydrolysis) is 1. The number of rotatable bonds is 7. The van der Waals surface area contributed by atoms with Crippen LogP contribution in [-0.4, -0.2) is 37.8 Å². The van der Waals surface area contributed by atoms with Gasteiger partial charge in [0.25, 0.3) is 0 Å². The second-order valence-corrected chi connectivity index (χ2v) is 3.88. The Bertz CT molecular complexity index is 474. The Morgan fingerprint density at radius 1 is 1.00 bits per heavy atom. The molecule has 0 aliphatic heterocycles. The fourth-order valence-corrected chi connectivity index (χ4v) is 1.31. The predicted molar refractivity (Wildman–Crippen MR) is 72.2 cm³/mol. The van der Waals surface area contributed by atoms with Gasteiger partial charge in [0.2, 0.25) is 0 Å². The molecule has 0 aliphatic carbocycles. The third-order valence-corrected chi connectivity index (χ3v) is 2.25. The summed E-state index contributed by atoms with van der Waals surface area (Å²) >= 11 is 0. The van der Waals surface area contributed by atoms with Crippen molar-refractivity contribution in [2.75, 3.05) is 19.8 Å². The summed E-state index contributed by atoms with van der Waals surface area (Å²) in [6, 6.07) is 9.11. The van der Waals surface area contributed by atoms with E-state index in [1.54, 1.807) is 19.1 Å². The highest BCUT2D eigenvalue weighted by Crippen LogP contribution is 2.00. The fourth-order valence-electron chi connectivity index (χ4n) is 1.31. The zero-order chi connectivity index (χ0) is 15.5. The number of nitrogens with one attached hydrogen (secondary N) is 1. The lowest BCUT2D eigenvalue weighted by Gasteiger charge is -2.07. The van der Waals surface area contributed by atoms with E-state index in [1.165, 1.54) is 0 Å². The zero-order valence-corrected chi connectivity index (χ0v) is 11.7. The topological polar surface area (TPSA) is 90.9 Å². The Kier molecular flexibility index (Phi) is 7.34. The molecule has 7 nitrogen and oxygen atoms in total. The van der Waals surface area contributed by atoms with E-state index in [4.69, 9.17) is 4.74 Å². The van der Waals surface area contributed by atoms with Crippen LogP contribution < -0.4 is 5.32 Å². The van der Waals surface area contributed by atoms with Gasteiger partial charge >= 0.3 is 18.0 Å². The Labute approximate surface area is 122 Å². The quantitative estimate of drug-likeness (QED) is 0.596. The summed E-state index contributed by atoms with van der Waals surface area (Å²) in [6.07, 6.45) is -0.744. The normalized spacial score (nSPS) is 9.57. The van der Waals surface area contributed by atoms with Gasteiger partial charge in [-0.25, -0.2) is 9.59 Å². The van der Waals surface area contributed by atoms with E-state index in [0.717, 1.165) is 5.56 Å². The number of carbonyl (C=O) groups is 3. The van der Waals surface area contributed by atoms with Gasteiger partial charge in [-0.15, -0.1) is 0 Å². The smallest absolute Gasteiger partial charge is 0.407 e. The molecular formula is C14H17NO6. The first-order chi connectivity index (χ1) is 10.1. The van der Waals surface area contributed by atoms with Crippen LogP contribution >= 0.6 is 0 Å². The summed E-state index contributed by atoms with van der Waals surface area (Å²) in [4.78, 5) is 33.5. The molecule has 0 atom stereocenters. The first-order valence-electron chi connectivity index (χ1n) is 6.37. The van der Waals surface area contributed by atoms with Crippen molar-refractivity contribution in [3.05, 3.63) is 35.9 Å². The molecule has 0 saturated carbocycles. The number of hydrogen-bond acceptors (Lipinski definition) is 6. The van der Waals surface area contributed by atoms with Crippen LogP contribution in [0.5, 0.6) is 0 Å². The molecule has 114 valence electrons. The van der Waals surface area contributed by atoms with Crippen LogP contribution in [0.25, 0.3) is 0 Å². The summed E-state index contributed by atoms with van der Waals surface area (Å²) in [7, 11) is 0. The van der Waals surface area contributed by atoms with Crippen LogP contribution in [0.2, 0.25) is 0 Å². The number of amides is 1. The molecule has 0 bridgehead atoms. The third kappa shape index (κ3) is 7.56. The molecule has 0 aromatic heterocycles. The molecular weight excluding hydrogens is 278 g/mol. The van der Waals surface area contributed by atoms with Gasteiger partial charge in [0.1, 0.15) is 13.2 Å². The van der Waals surface area contributed by atoms with Gasteiger partial charge in [0.15, 0.2) is 6.61 Å². The lowest BCUT2D eigenvalue weighted by molar-refractivity contribution is -0.157. The van der Waals surface area contributed by atoms with Crippen molar-refractivity contribution in [3.8, 4) is 0 Å². The van der Waals surface area contributed by atoms with Gasteiger partial charge in [-0.3, -0.25) is 4.79 Å². The highest BCUT2D eigenvalue weighted by molar-refractivity contribution is 5.80. The Morgan fingerprint density at radius 2 is 1.71 bits per heavy atom. The van der Waals surface area contributed by atoms with Gasteiger partial charge in [-0.2, -0.15) is 0 Å². The number of ether oxygens (including phenoxy) is 3. The molecule has 0 fully saturated rings. The van der Waals surface area contributed by atoms with E-state index in [1.807, 2.05) is 18.2 Å². The van der Waals surface area contributed by atoms with Crippen molar-refractivity contribution in [3.63, 3.8) is 0 Å². The molecule has 1 aromatic rings. The maximum atomic E-state index is 11.3. The molecule has 0 radical (unpaired) electrons. The number of carbonyl (C=O) groups excluding carboxylic acids is 3. The number of hydrogen-bond donors (Lipinski definition) is 1. The Balaban J connectivity index is 2.15. The van der Waals surface area contributed by atoms with Gasteiger partial charge in [0.05, 0.1) is 6.61 Å². The van der Waals surface area contributed by atoms with Gasteiger partial charge < -0.3 is 19.5 Å². The van der Waals surface area contributed by atoms with Crippen molar-refractivity contribution in [2.45, 2.75) is 13.5 Å². The third-order valence-electron chi connectivity index (χ3n) is 2.25. The van der Waals surface area contributed by atoms with Gasteiger partial charge in [-0.1, -0.05) is 30.3 Å². The molecule has 0 aliphatic rings. The second kappa shape index (κ2) is 9.35. The number of benzene rings is 1. The Morgan fingerprint density at radius 3 is 2.38 bits per heavy atom. The summed E-state index contributed by atoms with van der Waals surface area (Å²) in [6.45, 7) is 1.09. The van der Waals surface area contributed by atoms with E-state index >= 15 is 0 Å². The van der Waals surface area contributed by atoms with Crippen molar-refractivity contribution in [1.29, 1.82) is 0 Å². The summed E-state index contributed by atoms with van der Waals surface area (Å²) in [5, 5.41) is 2.22.